The molecule has 1 aromatic rings. The molecule has 0 aliphatic carbocycles. The van der Waals surface area contributed by atoms with E-state index >= 15 is 0 Å². The van der Waals surface area contributed by atoms with E-state index in [0.29, 0.717) is 5.88 Å². The third-order valence-corrected chi connectivity index (χ3v) is 2.19. The highest BCUT2D eigenvalue weighted by atomic mass is 79.9. The van der Waals surface area contributed by atoms with Gasteiger partial charge in [0.05, 0.1) is 0 Å². The topological polar surface area (TPSA) is 0 Å². The van der Waals surface area contributed by atoms with Crippen molar-refractivity contribution in [1.82, 2.24) is 0 Å². The molecule has 0 aromatic heterocycles. The summed E-state index contributed by atoms with van der Waals surface area (Å²) in [6.45, 7) is 0. The molecule has 2 heteroatoms. The highest BCUT2D eigenvalue weighted by Gasteiger charge is 1.90. The number of hydrogen-bond acceptors (Lipinski definition) is 0. The zero-order valence-electron chi connectivity index (χ0n) is 5.93. The lowest BCUT2D eigenvalue weighted by molar-refractivity contribution is 1.59. The van der Waals surface area contributed by atoms with Gasteiger partial charge in [0.15, 0.2) is 0 Å². The van der Waals surface area contributed by atoms with Crippen LogP contribution < -0.4 is 0 Å². The molecule has 0 fully saturated rings. The van der Waals surface area contributed by atoms with Gasteiger partial charge in [0.1, 0.15) is 0 Å². The van der Waals surface area contributed by atoms with Crippen LogP contribution in [-0.4, -0.2) is 5.88 Å². The van der Waals surface area contributed by atoms with Gasteiger partial charge >= 0.3 is 0 Å². The first-order valence-corrected chi connectivity index (χ1v) is 4.64. The van der Waals surface area contributed by atoms with E-state index in [9.17, 15) is 0 Å². The van der Waals surface area contributed by atoms with Crippen molar-refractivity contribution in [2.45, 2.75) is 0 Å². The molecule has 58 valence electrons. The van der Waals surface area contributed by atoms with Gasteiger partial charge in [0.2, 0.25) is 0 Å². The average Bonchev–Trinajstić information content (AvgIpc) is 2.03. The van der Waals surface area contributed by atoms with Crippen molar-refractivity contribution < 1.29 is 0 Å². The number of halogens is 2. The summed E-state index contributed by atoms with van der Waals surface area (Å²) in [6.07, 6.45) is 3.92. The standard InChI is InChI=1S/C9H8BrCl/c10-9-6-2-1-4-8(9)5-3-7-11/h1-6H,7H2/b5-3+. The highest BCUT2D eigenvalue weighted by molar-refractivity contribution is 9.10. The van der Waals surface area contributed by atoms with Crippen LogP contribution in [0.5, 0.6) is 0 Å². The number of benzene rings is 1. The molecule has 0 saturated carbocycles. The number of allylic oxidation sites excluding steroid dienone is 1. The van der Waals surface area contributed by atoms with E-state index in [-0.39, 0.29) is 0 Å². The van der Waals surface area contributed by atoms with E-state index in [1.54, 1.807) is 0 Å². The summed E-state index contributed by atoms with van der Waals surface area (Å²) in [5.74, 6) is 0.557. The van der Waals surface area contributed by atoms with Crippen LogP contribution in [0, 0.1) is 0 Å². The summed E-state index contributed by atoms with van der Waals surface area (Å²) in [5, 5.41) is 0. The molecular weight excluding hydrogens is 223 g/mol. The van der Waals surface area contributed by atoms with Crippen LogP contribution in [0.15, 0.2) is 34.8 Å². The van der Waals surface area contributed by atoms with Gasteiger partial charge in [-0.15, -0.1) is 11.6 Å². The molecule has 11 heavy (non-hydrogen) atoms. The van der Waals surface area contributed by atoms with Crippen LogP contribution >= 0.6 is 27.5 Å². The van der Waals surface area contributed by atoms with Crippen LogP contribution in [0.3, 0.4) is 0 Å². The Hall–Kier alpha value is -0.270. The van der Waals surface area contributed by atoms with E-state index in [1.807, 2.05) is 36.4 Å². The van der Waals surface area contributed by atoms with Crippen molar-refractivity contribution in [2.75, 3.05) is 5.88 Å². The lowest BCUT2D eigenvalue weighted by Crippen LogP contribution is -1.73. The molecule has 0 N–H and O–H groups in total. The number of hydrogen-bond donors (Lipinski definition) is 0. The lowest BCUT2D eigenvalue weighted by Gasteiger charge is -1.94. The quantitative estimate of drug-likeness (QED) is 0.681. The summed E-state index contributed by atoms with van der Waals surface area (Å²) >= 11 is 8.93. The molecule has 0 bridgehead atoms. The molecular formula is C9H8BrCl. The van der Waals surface area contributed by atoms with Gasteiger partial charge in [-0.3, -0.25) is 0 Å². The smallest absolute Gasteiger partial charge is 0.0407 e. The minimum Gasteiger partial charge on any atom is -0.122 e. The van der Waals surface area contributed by atoms with Gasteiger partial charge in [0.25, 0.3) is 0 Å². The Morgan fingerprint density at radius 1 is 1.36 bits per heavy atom. The SMILES string of the molecule is ClC/C=C/c1ccccc1Br. The average molecular weight is 232 g/mol. The van der Waals surface area contributed by atoms with Crippen molar-refractivity contribution in [3.63, 3.8) is 0 Å². The molecule has 0 amide bonds. The number of alkyl halides is 1. The fourth-order valence-corrected chi connectivity index (χ4v) is 1.29. The van der Waals surface area contributed by atoms with E-state index in [0.717, 1.165) is 10.0 Å². The van der Waals surface area contributed by atoms with Crippen LogP contribution in [0.25, 0.3) is 6.08 Å². The lowest BCUT2D eigenvalue weighted by atomic mass is 10.2. The van der Waals surface area contributed by atoms with Gasteiger partial charge in [0, 0.05) is 10.4 Å². The van der Waals surface area contributed by atoms with Crippen molar-refractivity contribution >= 4 is 33.6 Å². The van der Waals surface area contributed by atoms with E-state index < -0.39 is 0 Å². The first kappa shape index (κ1) is 8.82. The maximum Gasteiger partial charge on any atom is 0.0407 e. The zero-order valence-corrected chi connectivity index (χ0v) is 8.27. The van der Waals surface area contributed by atoms with Gasteiger partial charge < -0.3 is 0 Å². The Morgan fingerprint density at radius 2 is 2.09 bits per heavy atom. The maximum absolute atomic E-state index is 5.50. The predicted octanol–water partition coefficient (Wildman–Crippen LogP) is 3.70. The van der Waals surface area contributed by atoms with Crippen molar-refractivity contribution in [2.24, 2.45) is 0 Å². The molecule has 0 aliphatic rings. The Morgan fingerprint density at radius 3 is 2.73 bits per heavy atom. The fourth-order valence-electron chi connectivity index (χ4n) is 0.782. The van der Waals surface area contributed by atoms with Crippen LogP contribution in [0.1, 0.15) is 5.56 Å². The summed E-state index contributed by atoms with van der Waals surface area (Å²) in [7, 11) is 0. The highest BCUT2D eigenvalue weighted by Crippen LogP contribution is 2.16. The molecule has 0 spiro atoms. The molecule has 0 unspecified atom stereocenters. The third kappa shape index (κ3) is 2.68. The summed E-state index contributed by atoms with van der Waals surface area (Å²) in [6, 6.07) is 8.03. The van der Waals surface area contributed by atoms with E-state index in [2.05, 4.69) is 15.9 Å². The van der Waals surface area contributed by atoms with Crippen LogP contribution in [-0.2, 0) is 0 Å². The van der Waals surface area contributed by atoms with E-state index in [1.165, 1.54) is 0 Å². The number of rotatable bonds is 2. The molecule has 0 radical (unpaired) electrons. The van der Waals surface area contributed by atoms with Crippen molar-refractivity contribution in [3.05, 3.63) is 40.4 Å². The molecule has 0 saturated heterocycles. The van der Waals surface area contributed by atoms with Gasteiger partial charge in [-0.05, 0) is 11.6 Å². The Bertz CT molecular complexity index is 255. The van der Waals surface area contributed by atoms with E-state index in [4.69, 9.17) is 11.6 Å². The molecule has 0 heterocycles. The zero-order chi connectivity index (χ0) is 8.10. The first-order chi connectivity index (χ1) is 5.34. The second-order valence-corrected chi connectivity index (χ2v) is 3.24. The van der Waals surface area contributed by atoms with Crippen molar-refractivity contribution in [1.29, 1.82) is 0 Å². The summed E-state index contributed by atoms with van der Waals surface area (Å²) < 4.78 is 1.10. The minimum atomic E-state index is 0.557. The fraction of sp³-hybridized carbons (Fsp3) is 0.111. The first-order valence-electron chi connectivity index (χ1n) is 3.31. The molecule has 0 aliphatic heterocycles. The van der Waals surface area contributed by atoms with Crippen LogP contribution in [0.2, 0.25) is 0 Å². The Kier molecular flexibility index (Phi) is 3.67. The monoisotopic (exact) mass is 230 g/mol. The normalized spacial score (nSPS) is 10.7. The Balaban J connectivity index is 2.86. The third-order valence-electron chi connectivity index (χ3n) is 1.29. The predicted molar refractivity (Wildman–Crippen MR) is 53.9 cm³/mol. The summed E-state index contributed by atoms with van der Waals surface area (Å²) in [5.41, 5.74) is 1.16. The van der Waals surface area contributed by atoms with Crippen molar-refractivity contribution in [3.8, 4) is 0 Å². The Labute approximate surface area is 80.0 Å². The largest absolute Gasteiger partial charge is 0.122 e. The van der Waals surface area contributed by atoms with Gasteiger partial charge in [-0.25, -0.2) is 0 Å². The van der Waals surface area contributed by atoms with Gasteiger partial charge in [-0.1, -0.05) is 46.3 Å². The second kappa shape index (κ2) is 4.58. The van der Waals surface area contributed by atoms with Gasteiger partial charge in [-0.2, -0.15) is 0 Å². The summed E-state index contributed by atoms with van der Waals surface area (Å²) in [4.78, 5) is 0. The molecule has 0 nitrogen and oxygen atoms in total. The second-order valence-electron chi connectivity index (χ2n) is 2.08. The molecule has 1 aromatic carbocycles. The molecule has 0 atom stereocenters. The minimum absolute atomic E-state index is 0.557. The van der Waals surface area contributed by atoms with Crippen LogP contribution in [0.4, 0.5) is 0 Å². The maximum atomic E-state index is 5.50. The molecule has 1 rings (SSSR count).